The van der Waals surface area contributed by atoms with Gasteiger partial charge in [-0.1, -0.05) is 95.7 Å². The lowest BCUT2D eigenvalue weighted by Crippen LogP contribution is -2.46. The van der Waals surface area contributed by atoms with E-state index in [-0.39, 0.29) is 0 Å². The second kappa shape index (κ2) is 28.5. The molecular formula is C29H60O4S2Si. The topological polar surface area (TPSA) is 44.8 Å². The highest BCUT2D eigenvalue weighted by Crippen LogP contribution is 2.21. The molecule has 0 heterocycles. The summed E-state index contributed by atoms with van der Waals surface area (Å²) in [5, 5.41) is 0.410. The van der Waals surface area contributed by atoms with Gasteiger partial charge in [-0.05, 0) is 58.0 Å². The second-order valence-corrected chi connectivity index (χ2v) is 14.7. The summed E-state index contributed by atoms with van der Waals surface area (Å²) in [6.45, 7) is 10.3. The highest BCUT2D eigenvalue weighted by Gasteiger charge is 2.39. The van der Waals surface area contributed by atoms with Crippen LogP contribution in [0.2, 0.25) is 6.04 Å². The Morgan fingerprint density at radius 3 is 1.53 bits per heavy atom. The van der Waals surface area contributed by atoms with Gasteiger partial charge < -0.3 is 13.3 Å². The second-order valence-electron chi connectivity index (χ2n) is 9.62. The Kier molecular flexibility index (Phi) is 28.8. The number of thioether (sulfide) groups is 2. The van der Waals surface area contributed by atoms with E-state index in [2.05, 4.69) is 6.92 Å². The van der Waals surface area contributed by atoms with Crippen LogP contribution in [0.1, 0.15) is 137 Å². The van der Waals surface area contributed by atoms with Gasteiger partial charge in [0.15, 0.2) is 5.12 Å². The number of rotatable bonds is 29. The highest BCUT2D eigenvalue weighted by atomic mass is 32.2. The highest BCUT2D eigenvalue weighted by molar-refractivity contribution is 8.13. The lowest BCUT2D eigenvalue weighted by molar-refractivity contribution is -0.111. The van der Waals surface area contributed by atoms with E-state index >= 15 is 0 Å². The van der Waals surface area contributed by atoms with Crippen LogP contribution in [0.15, 0.2) is 0 Å². The predicted molar refractivity (Wildman–Crippen MR) is 164 cm³/mol. The van der Waals surface area contributed by atoms with Crippen molar-refractivity contribution in [2.24, 2.45) is 0 Å². The molecule has 0 aromatic heterocycles. The molecule has 216 valence electrons. The van der Waals surface area contributed by atoms with Gasteiger partial charge in [-0.15, -0.1) is 0 Å². The van der Waals surface area contributed by atoms with Gasteiger partial charge in [-0.25, -0.2) is 0 Å². The van der Waals surface area contributed by atoms with E-state index in [4.69, 9.17) is 13.3 Å². The van der Waals surface area contributed by atoms with Gasteiger partial charge in [0.05, 0.1) is 0 Å². The van der Waals surface area contributed by atoms with E-state index in [0.29, 0.717) is 24.9 Å². The van der Waals surface area contributed by atoms with E-state index in [9.17, 15) is 4.79 Å². The minimum atomic E-state index is -2.46. The third-order valence-electron chi connectivity index (χ3n) is 6.29. The van der Waals surface area contributed by atoms with E-state index in [1.54, 1.807) is 11.8 Å². The Balaban J connectivity index is 3.45. The Bertz CT molecular complexity index is 452. The summed E-state index contributed by atoms with van der Waals surface area (Å²) in [7, 11) is -2.46. The molecule has 7 heteroatoms. The molecule has 0 unspecified atom stereocenters. The molecule has 0 aromatic carbocycles. The van der Waals surface area contributed by atoms with Gasteiger partial charge in [-0.3, -0.25) is 4.79 Å². The van der Waals surface area contributed by atoms with Gasteiger partial charge in [0, 0.05) is 38.0 Å². The third-order valence-corrected chi connectivity index (χ3v) is 11.6. The summed E-state index contributed by atoms with van der Waals surface area (Å²) in [5.41, 5.74) is 0. The molecule has 0 bridgehead atoms. The zero-order chi connectivity index (χ0) is 26.6. The van der Waals surface area contributed by atoms with Gasteiger partial charge in [0.2, 0.25) is 0 Å². The van der Waals surface area contributed by atoms with Crippen LogP contribution in [-0.2, 0) is 18.1 Å². The van der Waals surface area contributed by atoms with E-state index in [0.717, 1.165) is 36.8 Å². The van der Waals surface area contributed by atoms with E-state index in [1.165, 1.54) is 95.6 Å². The molecule has 36 heavy (non-hydrogen) atoms. The summed E-state index contributed by atoms with van der Waals surface area (Å²) in [6.07, 6.45) is 21.6. The van der Waals surface area contributed by atoms with Crippen molar-refractivity contribution in [3.05, 3.63) is 0 Å². The quantitative estimate of drug-likeness (QED) is 0.0665. The zero-order valence-corrected chi connectivity index (χ0v) is 27.1. The van der Waals surface area contributed by atoms with Crippen molar-refractivity contribution < 1.29 is 18.1 Å². The molecular weight excluding hydrogens is 505 g/mol. The van der Waals surface area contributed by atoms with E-state index in [1.807, 2.05) is 32.5 Å². The Morgan fingerprint density at radius 2 is 1.00 bits per heavy atom. The summed E-state index contributed by atoms with van der Waals surface area (Å²) >= 11 is 3.60. The first-order valence-corrected chi connectivity index (χ1v) is 19.4. The Hall–Kier alpha value is 0.467. The van der Waals surface area contributed by atoms with Gasteiger partial charge >= 0.3 is 8.80 Å². The lowest BCUT2D eigenvalue weighted by atomic mass is 10.1. The molecule has 0 saturated carbocycles. The van der Waals surface area contributed by atoms with Crippen LogP contribution in [0.25, 0.3) is 0 Å². The first-order valence-electron chi connectivity index (χ1n) is 15.3. The predicted octanol–water partition coefficient (Wildman–Crippen LogP) is 9.68. The average molecular weight is 565 g/mol. The maximum Gasteiger partial charge on any atom is 0.500 e. The number of hydrogen-bond acceptors (Lipinski definition) is 6. The molecule has 0 aliphatic carbocycles. The summed E-state index contributed by atoms with van der Waals surface area (Å²) in [6, 6.07) is 0.917. The molecule has 4 nitrogen and oxygen atoms in total. The van der Waals surface area contributed by atoms with Crippen LogP contribution in [-0.4, -0.2) is 51.0 Å². The SMILES string of the molecule is CCCCCCCCCCCCCC(=O)SCCCCCCSCCC[Si](OCC)(OCC)OCC. The molecule has 0 radical (unpaired) electrons. The molecule has 0 aromatic rings. The summed E-state index contributed by atoms with van der Waals surface area (Å²) in [5.74, 6) is 3.37. The van der Waals surface area contributed by atoms with Crippen LogP contribution < -0.4 is 0 Å². The fourth-order valence-electron chi connectivity index (χ4n) is 4.35. The Labute approximate surface area is 234 Å². The molecule has 0 atom stereocenters. The van der Waals surface area contributed by atoms with Gasteiger partial charge in [0.1, 0.15) is 0 Å². The zero-order valence-electron chi connectivity index (χ0n) is 24.4. The summed E-state index contributed by atoms with van der Waals surface area (Å²) < 4.78 is 17.8. The molecule has 0 aliphatic rings. The standard InChI is InChI=1S/C29H60O4S2Si/c1-5-9-10-11-12-13-14-15-16-17-20-24-29(30)35-27-22-19-18-21-25-34-26-23-28-36(31-6-2,32-7-3)33-8-4/h5-28H2,1-4H3. The average Bonchev–Trinajstić information content (AvgIpc) is 2.86. The number of carbonyl (C=O) groups excluding carboxylic acids is 1. The van der Waals surface area contributed by atoms with Crippen LogP contribution in [0.3, 0.4) is 0 Å². The van der Waals surface area contributed by atoms with Crippen molar-refractivity contribution >= 4 is 37.4 Å². The maximum atomic E-state index is 12.1. The molecule has 0 N–H and O–H groups in total. The minimum Gasteiger partial charge on any atom is -0.374 e. The fraction of sp³-hybridized carbons (Fsp3) is 0.966. The van der Waals surface area contributed by atoms with Crippen LogP contribution >= 0.6 is 23.5 Å². The van der Waals surface area contributed by atoms with Crippen molar-refractivity contribution in [1.82, 2.24) is 0 Å². The monoisotopic (exact) mass is 564 g/mol. The van der Waals surface area contributed by atoms with Crippen molar-refractivity contribution in [2.75, 3.05) is 37.1 Å². The van der Waals surface area contributed by atoms with Crippen LogP contribution in [0.4, 0.5) is 0 Å². The Morgan fingerprint density at radius 1 is 0.556 bits per heavy atom. The number of hydrogen-bond donors (Lipinski definition) is 0. The van der Waals surface area contributed by atoms with Crippen LogP contribution in [0, 0.1) is 0 Å². The molecule has 0 amide bonds. The fourth-order valence-corrected chi connectivity index (χ4v) is 9.04. The lowest BCUT2D eigenvalue weighted by Gasteiger charge is -2.28. The molecule has 0 rings (SSSR count). The molecule has 0 saturated heterocycles. The van der Waals surface area contributed by atoms with Crippen molar-refractivity contribution in [3.63, 3.8) is 0 Å². The maximum absolute atomic E-state index is 12.1. The smallest absolute Gasteiger partial charge is 0.374 e. The third kappa shape index (κ3) is 23.6. The van der Waals surface area contributed by atoms with E-state index < -0.39 is 8.80 Å². The summed E-state index contributed by atoms with van der Waals surface area (Å²) in [4.78, 5) is 12.1. The van der Waals surface area contributed by atoms with Crippen molar-refractivity contribution in [1.29, 1.82) is 0 Å². The molecule has 0 aliphatic heterocycles. The van der Waals surface area contributed by atoms with Crippen molar-refractivity contribution in [2.45, 2.75) is 143 Å². The number of unbranched alkanes of at least 4 members (excludes halogenated alkanes) is 13. The largest absolute Gasteiger partial charge is 0.500 e. The minimum absolute atomic E-state index is 0.410. The molecule has 0 fully saturated rings. The first-order chi connectivity index (χ1) is 17.6. The van der Waals surface area contributed by atoms with Crippen molar-refractivity contribution in [3.8, 4) is 0 Å². The molecule has 0 spiro atoms. The number of carbonyl (C=O) groups is 1. The normalized spacial score (nSPS) is 11.9. The van der Waals surface area contributed by atoms with Crippen LogP contribution in [0.5, 0.6) is 0 Å². The first kappa shape index (κ1) is 36.5. The van der Waals surface area contributed by atoms with Gasteiger partial charge in [-0.2, -0.15) is 11.8 Å². The van der Waals surface area contributed by atoms with Gasteiger partial charge in [0.25, 0.3) is 0 Å².